The first-order chi connectivity index (χ1) is 12.2. The van der Waals surface area contributed by atoms with Gasteiger partial charge in [-0.15, -0.1) is 0 Å². The zero-order chi connectivity index (χ0) is 18.2. The van der Waals surface area contributed by atoms with Crippen LogP contribution in [-0.2, 0) is 14.3 Å². The van der Waals surface area contributed by atoms with Crippen LogP contribution in [0, 0.1) is 0 Å². The van der Waals surface area contributed by atoms with Crippen LogP contribution in [0.4, 0.5) is 0 Å². The number of aliphatic hydroxyl groups is 1. The highest BCUT2D eigenvalue weighted by atomic mass is 16.6. The van der Waals surface area contributed by atoms with E-state index in [9.17, 15) is 9.90 Å². The number of ether oxygens (including phenoxy) is 2. The second kappa shape index (κ2) is 15.4. The van der Waals surface area contributed by atoms with Crippen molar-refractivity contribution >= 4 is 5.97 Å². The average molecular weight is 355 g/mol. The highest BCUT2D eigenvalue weighted by Crippen LogP contribution is 2.12. The van der Waals surface area contributed by atoms with Gasteiger partial charge in [0, 0.05) is 6.42 Å². The van der Waals surface area contributed by atoms with Crippen LogP contribution in [0.25, 0.3) is 0 Å². The number of esters is 1. The van der Waals surface area contributed by atoms with Crippen LogP contribution < -0.4 is 0 Å². The number of hydrogen-bond acceptors (Lipinski definition) is 4. The van der Waals surface area contributed by atoms with E-state index < -0.39 is 0 Å². The molecule has 1 aliphatic rings. The topological polar surface area (TPSA) is 59.1 Å². The van der Waals surface area contributed by atoms with E-state index in [-0.39, 0.29) is 18.2 Å². The number of epoxide rings is 1. The van der Waals surface area contributed by atoms with Crippen LogP contribution in [0.15, 0.2) is 12.2 Å². The van der Waals surface area contributed by atoms with E-state index in [0.29, 0.717) is 13.0 Å². The number of carbonyl (C=O) groups excluding carboxylic acids is 1. The molecule has 1 saturated heterocycles. The summed E-state index contributed by atoms with van der Waals surface area (Å²) < 4.78 is 10.1. The van der Waals surface area contributed by atoms with Crippen molar-refractivity contribution < 1.29 is 19.4 Å². The van der Waals surface area contributed by atoms with E-state index in [4.69, 9.17) is 9.47 Å². The Hall–Kier alpha value is -0.870. The maximum absolute atomic E-state index is 11.4. The van der Waals surface area contributed by atoms with Crippen LogP contribution in [0.1, 0.15) is 90.4 Å². The summed E-state index contributed by atoms with van der Waals surface area (Å²) in [5, 5.41) is 9.95. The first kappa shape index (κ1) is 22.2. The first-order valence-electron chi connectivity index (χ1n) is 10.3. The first-order valence-corrected chi connectivity index (χ1v) is 10.3. The van der Waals surface area contributed by atoms with Gasteiger partial charge in [-0.25, -0.2) is 0 Å². The number of hydrogen-bond donors (Lipinski definition) is 1. The van der Waals surface area contributed by atoms with E-state index in [0.717, 1.165) is 45.1 Å². The molecule has 0 aromatic rings. The van der Waals surface area contributed by atoms with Crippen molar-refractivity contribution in [2.24, 2.45) is 0 Å². The van der Waals surface area contributed by atoms with Gasteiger partial charge in [0.2, 0.25) is 0 Å². The van der Waals surface area contributed by atoms with Crippen LogP contribution in [0.2, 0.25) is 0 Å². The Morgan fingerprint density at radius 1 is 1.12 bits per heavy atom. The van der Waals surface area contributed by atoms with Crippen LogP contribution in [-0.4, -0.2) is 36.5 Å². The van der Waals surface area contributed by atoms with Crippen molar-refractivity contribution in [3.8, 4) is 0 Å². The summed E-state index contributed by atoms with van der Waals surface area (Å²) in [6.45, 7) is 3.37. The maximum atomic E-state index is 11.4. The van der Waals surface area contributed by atoms with Crippen LogP contribution >= 0.6 is 0 Å². The van der Waals surface area contributed by atoms with Crippen molar-refractivity contribution in [2.45, 2.75) is 103 Å². The molecule has 4 heteroatoms. The predicted molar refractivity (Wildman–Crippen MR) is 102 cm³/mol. The van der Waals surface area contributed by atoms with Gasteiger partial charge >= 0.3 is 5.97 Å². The smallest absolute Gasteiger partial charge is 0.305 e. The molecule has 0 aromatic carbocycles. The van der Waals surface area contributed by atoms with Crippen molar-refractivity contribution in [3.63, 3.8) is 0 Å². The molecule has 0 aliphatic carbocycles. The van der Waals surface area contributed by atoms with Crippen LogP contribution in [0.3, 0.4) is 0 Å². The van der Waals surface area contributed by atoms with Gasteiger partial charge in [0.05, 0.1) is 12.7 Å². The SMILES string of the molecule is CCCCCCCC/C=C\CC(O)CCCCCC(=O)OCC1CO1. The Labute approximate surface area is 154 Å². The molecule has 0 saturated carbocycles. The summed E-state index contributed by atoms with van der Waals surface area (Å²) in [5.41, 5.74) is 0. The van der Waals surface area contributed by atoms with Gasteiger partial charge in [-0.2, -0.15) is 0 Å². The molecular weight excluding hydrogens is 316 g/mol. The molecule has 1 rings (SSSR count). The monoisotopic (exact) mass is 354 g/mol. The minimum absolute atomic E-state index is 0.131. The van der Waals surface area contributed by atoms with E-state index in [2.05, 4.69) is 19.1 Å². The molecule has 4 nitrogen and oxygen atoms in total. The summed E-state index contributed by atoms with van der Waals surface area (Å²) >= 11 is 0. The third-order valence-corrected chi connectivity index (χ3v) is 4.55. The molecule has 146 valence electrons. The van der Waals surface area contributed by atoms with E-state index in [1.54, 1.807) is 0 Å². The molecule has 1 aliphatic heterocycles. The minimum atomic E-state index is -0.250. The third kappa shape index (κ3) is 15.1. The third-order valence-electron chi connectivity index (χ3n) is 4.55. The summed E-state index contributed by atoms with van der Waals surface area (Å²) in [6.07, 6.45) is 18.1. The minimum Gasteiger partial charge on any atom is -0.463 e. The lowest BCUT2D eigenvalue weighted by Gasteiger charge is -2.07. The predicted octanol–water partition coefficient (Wildman–Crippen LogP) is 4.94. The average Bonchev–Trinajstić information content (AvgIpc) is 3.42. The Morgan fingerprint density at radius 2 is 1.84 bits per heavy atom. The van der Waals surface area contributed by atoms with Crippen molar-refractivity contribution in [3.05, 3.63) is 12.2 Å². The van der Waals surface area contributed by atoms with Gasteiger partial charge in [0.1, 0.15) is 12.7 Å². The second-order valence-corrected chi connectivity index (χ2v) is 7.16. The number of rotatable bonds is 17. The van der Waals surface area contributed by atoms with Crippen molar-refractivity contribution in [1.82, 2.24) is 0 Å². The van der Waals surface area contributed by atoms with Crippen LogP contribution in [0.5, 0.6) is 0 Å². The Bertz CT molecular complexity index is 350. The fourth-order valence-corrected chi connectivity index (χ4v) is 2.78. The lowest BCUT2D eigenvalue weighted by Crippen LogP contribution is -2.09. The number of allylic oxidation sites excluding steroid dienone is 1. The molecule has 2 unspecified atom stereocenters. The number of unbranched alkanes of at least 4 members (excludes halogenated alkanes) is 8. The molecule has 2 atom stereocenters. The van der Waals surface area contributed by atoms with Gasteiger partial charge in [0.25, 0.3) is 0 Å². The Balaban J connectivity index is 1.82. The molecule has 0 radical (unpaired) electrons. The summed E-state index contributed by atoms with van der Waals surface area (Å²) in [4.78, 5) is 11.4. The fraction of sp³-hybridized carbons (Fsp3) is 0.857. The quantitative estimate of drug-likeness (QED) is 0.174. The standard InChI is InChI=1S/C21H38O4/c1-2-3-4-5-6-7-8-9-11-14-19(22)15-12-10-13-16-21(23)25-18-20-17-24-20/h9,11,19-20,22H,2-8,10,12-18H2,1H3/b11-9-. The summed E-state index contributed by atoms with van der Waals surface area (Å²) in [7, 11) is 0. The molecule has 0 amide bonds. The van der Waals surface area contributed by atoms with Gasteiger partial charge in [-0.3, -0.25) is 4.79 Å². The lowest BCUT2D eigenvalue weighted by atomic mass is 10.1. The van der Waals surface area contributed by atoms with Gasteiger partial charge in [-0.1, -0.05) is 64.0 Å². The van der Waals surface area contributed by atoms with Gasteiger partial charge in [0.15, 0.2) is 0 Å². The highest BCUT2D eigenvalue weighted by molar-refractivity contribution is 5.69. The molecule has 0 spiro atoms. The summed E-state index contributed by atoms with van der Waals surface area (Å²) in [5.74, 6) is -0.131. The van der Waals surface area contributed by atoms with E-state index >= 15 is 0 Å². The Kier molecular flexibility index (Phi) is 13.6. The van der Waals surface area contributed by atoms with Gasteiger partial charge in [-0.05, 0) is 32.1 Å². The maximum Gasteiger partial charge on any atom is 0.305 e. The largest absolute Gasteiger partial charge is 0.463 e. The molecular formula is C21H38O4. The second-order valence-electron chi connectivity index (χ2n) is 7.16. The normalized spacial score (nSPS) is 17.8. The molecule has 1 N–H and O–H groups in total. The van der Waals surface area contributed by atoms with Crippen molar-refractivity contribution in [1.29, 1.82) is 0 Å². The highest BCUT2D eigenvalue weighted by Gasteiger charge is 2.23. The lowest BCUT2D eigenvalue weighted by molar-refractivity contribution is -0.144. The summed E-state index contributed by atoms with van der Waals surface area (Å²) in [6, 6.07) is 0. The molecule has 1 heterocycles. The Morgan fingerprint density at radius 3 is 2.60 bits per heavy atom. The zero-order valence-corrected chi connectivity index (χ0v) is 16.1. The molecule has 0 aromatic heterocycles. The fourth-order valence-electron chi connectivity index (χ4n) is 2.78. The van der Waals surface area contributed by atoms with Crippen molar-refractivity contribution in [2.75, 3.05) is 13.2 Å². The number of aliphatic hydroxyl groups excluding tert-OH is 1. The zero-order valence-electron chi connectivity index (χ0n) is 16.1. The number of carbonyl (C=O) groups is 1. The van der Waals surface area contributed by atoms with Gasteiger partial charge < -0.3 is 14.6 Å². The molecule has 0 bridgehead atoms. The van der Waals surface area contributed by atoms with E-state index in [1.807, 2.05) is 0 Å². The van der Waals surface area contributed by atoms with E-state index in [1.165, 1.54) is 38.5 Å². The molecule has 25 heavy (non-hydrogen) atoms. The molecule has 1 fully saturated rings.